The summed E-state index contributed by atoms with van der Waals surface area (Å²) in [4.78, 5) is 25.6. The summed E-state index contributed by atoms with van der Waals surface area (Å²) in [6.45, 7) is 2.02. The van der Waals surface area contributed by atoms with Gasteiger partial charge in [-0.15, -0.1) is 0 Å². The van der Waals surface area contributed by atoms with Crippen LogP contribution in [-0.2, 0) is 9.53 Å². The molecule has 1 aromatic rings. The van der Waals surface area contributed by atoms with Gasteiger partial charge in [0.1, 0.15) is 5.82 Å². The van der Waals surface area contributed by atoms with E-state index in [-0.39, 0.29) is 17.9 Å². The first kappa shape index (κ1) is 14.5. The van der Waals surface area contributed by atoms with Gasteiger partial charge in [0.15, 0.2) is 0 Å². The lowest BCUT2D eigenvalue weighted by Gasteiger charge is -2.25. The minimum Gasteiger partial charge on any atom is -0.469 e. The van der Waals surface area contributed by atoms with E-state index in [9.17, 15) is 14.0 Å². The number of esters is 1. The maximum absolute atomic E-state index is 13.2. The van der Waals surface area contributed by atoms with Gasteiger partial charge in [-0.1, -0.05) is 13.0 Å². The monoisotopic (exact) mass is 279 g/mol. The number of carbonyl (C=O) groups excluding carboxylic acids is 2. The molecule has 20 heavy (non-hydrogen) atoms. The molecule has 1 atom stereocenters. The Kier molecular flexibility index (Phi) is 4.37. The lowest BCUT2D eigenvalue weighted by Crippen LogP contribution is -2.38. The van der Waals surface area contributed by atoms with Gasteiger partial charge in [0.25, 0.3) is 5.91 Å². The van der Waals surface area contributed by atoms with E-state index in [2.05, 4.69) is 4.74 Å². The first-order valence-electron chi connectivity index (χ1n) is 6.67. The molecule has 0 aliphatic heterocycles. The fourth-order valence-corrected chi connectivity index (χ4v) is 2.14. The van der Waals surface area contributed by atoms with Crippen LogP contribution in [0.1, 0.15) is 30.1 Å². The van der Waals surface area contributed by atoms with Crippen molar-refractivity contribution in [3.63, 3.8) is 0 Å². The Labute approximate surface area is 117 Å². The van der Waals surface area contributed by atoms with Crippen molar-refractivity contribution in [2.45, 2.75) is 25.8 Å². The number of rotatable bonds is 5. The molecule has 0 N–H and O–H groups in total. The summed E-state index contributed by atoms with van der Waals surface area (Å²) in [5.74, 6) is -1.41. The molecule has 0 heterocycles. The van der Waals surface area contributed by atoms with Gasteiger partial charge < -0.3 is 9.64 Å². The van der Waals surface area contributed by atoms with Crippen molar-refractivity contribution in [2.24, 2.45) is 5.92 Å². The summed E-state index contributed by atoms with van der Waals surface area (Å²) in [7, 11) is 1.33. The molecular weight excluding hydrogens is 261 g/mol. The van der Waals surface area contributed by atoms with E-state index in [0.29, 0.717) is 12.1 Å². The Bertz CT molecular complexity index is 514. The van der Waals surface area contributed by atoms with Gasteiger partial charge in [-0.25, -0.2) is 4.39 Å². The number of methoxy groups -OCH3 is 1. The van der Waals surface area contributed by atoms with Crippen LogP contribution < -0.4 is 0 Å². The Balaban J connectivity index is 2.12. The van der Waals surface area contributed by atoms with Crippen molar-refractivity contribution in [2.75, 3.05) is 13.7 Å². The molecular formula is C15H18FNO3. The highest BCUT2D eigenvalue weighted by atomic mass is 19.1. The van der Waals surface area contributed by atoms with Gasteiger partial charge in [-0.2, -0.15) is 0 Å². The zero-order valence-electron chi connectivity index (χ0n) is 11.6. The van der Waals surface area contributed by atoms with Crippen molar-refractivity contribution >= 4 is 11.9 Å². The highest BCUT2D eigenvalue weighted by Gasteiger charge is 2.35. The minimum atomic E-state index is -0.437. The Morgan fingerprint density at radius 3 is 2.70 bits per heavy atom. The number of halogens is 1. The molecule has 1 fully saturated rings. The second kappa shape index (κ2) is 6.03. The summed E-state index contributed by atoms with van der Waals surface area (Å²) in [6.07, 6.45) is 1.85. The molecule has 2 rings (SSSR count). The summed E-state index contributed by atoms with van der Waals surface area (Å²) < 4.78 is 17.9. The van der Waals surface area contributed by atoms with Gasteiger partial charge in [-0.05, 0) is 31.0 Å². The van der Waals surface area contributed by atoms with Crippen LogP contribution in [0.5, 0.6) is 0 Å². The number of benzene rings is 1. The second-order valence-electron chi connectivity index (χ2n) is 5.12. The van der Waals surface area contributed by atoms with Gasteiger partial charge in [-0.3, -0.25) is 9.59 Å². The molecule has 1 aliphatic carbocycles. The third-order valence-electron chi connectivity index (χ3n) is 3.39. The van der Waals surface area contributed by atoms with Crippen LogP contribution in [0.4, 0.5) is 4.39 Å². The number of carbonyl (C=O) groups is 2. The number of hydrogen-bond acceptors (Lipinski definition) is 3. The van der Waals surface area contributed by atoms with Crippen LogP contribution in [0.25, 0.3) is 0 Å². The smallest absolute Gasteiger partial charge is 0.310 e. The number of amides is 1. The van der Waals surface area contributed by atoms with E-state index in [1.165, 1.54) is 25.3 Å². The van der Waals surface area contributed by atoms with Crippen LogP contribution in [0.2, 0.25) is 0 Å². The number of hydrogen-bond donors (Lipinski definition) is 0. The van der Waals surface area contributed by atoms with E-state index in [1.54, 1.807) is 17.9 Å². The Morgan fingerprint density at radius 2 is 2.15 bits per heavy atom. The van der Waals surface area contributed by atoms with Crippen LogP contribution in [0.15, 0.2) is 24.3 Å². The van der Waals surface area contributed by atoms with Crippen molar-refractivity contribution < 1.29 is 18.7 Å². The minimum absolute atomic E-state index is 0.151. The zero-order valence-corrected chi connectivity index (χ0v) is 11.6. The zero-order chi connectivity index (χ0) is 14.7. The third-order valence-corrected chi connectivity index (χ3v) is 3.39. The summed E-state index contributed by atoms with van der Waals surface area (Å²) >= 11 is 0. The van der Waals surface area contributed by atoms with E-state index >= 15 is 0 Å². The molecule has 5 heteroatoms. The molecule has 0 spiro atoms. The van der Waals surface area contributed by atoms with Crippen LogP contribution in [0, 0.1) is 11.7 Å². The van der Waals surface area contributed by atoms with Gasteiger partial charge >= 0.3 is 5.97 Å². The highest BCUT2D eigenvalue weighted by molar-refractivity contribution is 5.94. The molecule has 0 aromatic heterocycles. The molecule has 1 aromatic carbocycles. The number of ether oxygens (including phenoxy) is 1. The fourth-order valence-electron chi connectivity index (χ4n) is 2.14. The second-order valence-corrected chi connectivity index (χ2v) is 5.12. The van der Waals surface area contributed by atoms with E-state index in [0.717, 1.165) is 12.8 Å². The largest absolute Gasteiger partial charge is 0.469 e. The van der Waals surface area contributed by atoms with Crippen LogP contribution >= 0.6 is 0 Å². The predicted molar refractivity (Wildman–Crippen MR) is 71.6 cm³/mol. The molecule has 4 nitrogen and oxygen atoms in total. The molecule has 1 amide bonds. The SMILES string of the molecule is COC(=O)C(C)CN(C(=O)c1cccc(F)c1)C1CC1. The molecule has 0 bridgehead atoms. The fraction of sp³-hybridized carbons (Fsp3) is 0.467. The molecule has 1 aliphatic rings. The molecule has 1 saturated carbocycles. The van der Waals surface area contributed by atoms with Crippen molar-refractivity contribution in [3.8, 4) is 0 Å². The van der Waals surface area contributed by atoms with Gasteiger partial charge in [0.2, 0.25) is 0 Å². The standard InChI is InChI=1S/C15H18FNO3/c1-10(15(19)20-2)9-17(13-6-7-13)14(18)11-4-3-5-12(16)8-11/h3-5,8,10,13H,6-7,9H2,1-2H3. The first-order chi connectivity index (χ1) is 9.52. The van der Waals surface area contributed by atoms with Gasteiger partial charge in [0.05, 0.1) is 13.0 Å². The summed E-state index contributed by atoms with van der Waals surface area (Å²) in [5, 5.41) is 0. The van der Waals surface area contributed by atoms with E-state index in [1.807, 2.05) is 0 Å². The predicted octanol–water partition coefficient (Wildman–Crippen LogP) is 2.24. The lowest BCUT2D eigenvalue weighted by molar-refractivity contribution is -0.145. The molecule has 0 radical (unpaired) electrons. The maximum Gasteiger partial charge on any atom is 0.310 e. The molecule has 0 saturated heterocycles. The van der Waals surface area contributed by atoms with Gasteiger partial charge in [0, 0.05) is 18.2 Å². The topological polar surface area (TPSA) is 46.6 Å². The van der Waals surface area contributed by atoms with E-state index in [4.69, 9.17) is 0 Å². The third kappa shape index (κ3) is 3.35. The van der Waals surface area contributed by atoms with E-state index < -0.39 is 11.7 Å². The van der Waals surface area contributed by atoms with Crippen molar-refractivity contribution in [1.29, 1.82) is 0 Å². The Hall–Kier alpha value is -1.91. The average molecular weight is 279 g/mol. The molecule has 108 valence electrons. The quantitative estimate of drug-likeness (QED) is 0.777. The normalized spacial score (nSPS) is 15.6. The number of nitrogens with zero attached hydrogens (tertiary/aromatic N) is 1. The van der Waals surface area contributed by atoms with Crippen LogP contribution in [0.3, 0.4) is 0 Å². The maximum atomic E-state index is 13.2. The van der Waals surface area contributed by atoms with Crippen LogP contribution in [-0.4, -0.2) is 36.5 Å². The van der Waals surface area contributed by atoms with Crippen molar-refractivity contribution in [3.05, 3.63) is 35.6 Å². The summed E-state index contributed by atoms with van der Waals surface area (Å²) in [6, 6.07) is 5.77. The molecule has 1 unspecified atom stereocenters. The summed E-state index contributed by atoms with van der Waals surface area (Å²) in [5.41, 5.74) is 0.314. The average Bonchev–Trinajstić information content (AvgIpc) is 3.27. The Morgan fingerprint density at radius 1 is 1.45 bits per heavy atom. The van der Waals surface area contributed by atoms with Crippen molar-refractivity contribution in [1.82, 2.24) is 4.90 Å². The lowest BCUT2D eigenvalue weighted by atomic mass is 10.1. The first-order valence-corrected chi connectivity index (χ1v) is 6.67. The highest BCUT2D eigenvalue weighted by Crippen LogP contribution is 2.29.